The summed E-state index contributed by atoms with van der Waals surface area (Å²) in [6.07, 6.45) is 1.11. The third-order valence-corrected chi connectivity index (χ3v) is 5.89. The fourth-order valence-corrected chi connectivity index (χ4v) is 4.54. The van der Waals surface area contributed by atoms with Crippen LogP contribution >= 0.6 is 0 Å². The Hall–Kier alpha value is -2.59. The zero-order chi connectivity index (χ0) is 17.8. The number of hydrogen-bond acceptors (Lipinski definition) is 4. The highest BCUT2D eigenvalue weighted by Gasteiger charge is 2.43. The molecule has 1 aromatic heterocycles. The van der Waals surface area contributed by atoms with E-state index in [-0.39, 0.29) is 11.5 Å². The first kappa shape index (κ1) is 15.6. The van der Waals surface area contributed by atoms with Gasteiger partial charge in [0.2, 0.25) is 5.88 Å². The molecule has 3 heterocycles. The van der Waals surface area contributed by atoms with Gasteiger partial charge in [-0.25, -0.2) is 0 Å². The van der Waals surface area contributed by atoms with Crippen molar-refractivity contribution in [3.63, 3.8) is 0 Å². The maximum absolute atomic E-state index is 13.4. The van der Waals surface area contributed by atoms with Crippen LogP contribution in [0.5, 0.6) is 0 Å². The number of likely N-dealkylation sites (tertiary alicyclic amines) is 1. The Morgan fingerprint density at radius 2 is 1.85 bits per heavy atom. The van der Waals surface area contributed by atoms with Crippen molar-refractivity contribution in [3.05, 3.63) is 69.9 Å². The first-order valence-corrected chi connectivity index (χ1v) is 9.23. The second kappa shape index (κ2) is 5.71. The van der Waals surface area contributed by atoms with Crippen molar-refractivity contribution in [3.8, 4) is 0 Å². The van der Waals surface area contributed by atoms with Crippen molar-refractivity contribution in [1.82, 2.24) is 4.90 Å². The van der Waals surface area contributed by atoms with Gasteiger partial charge in [-0.3, -0.25) is 9.69 Å². The molecule has 4 nitrogen and oxygen atoms in total. The molecule has 26 heavy (non-hydrogen) atoms. The molecular formula is C22H22N2O2. The van der Waals surface area contributed by atoms with E-state index in [4.69, 9.17) is 4.42 Å². The molecule has 0 bridgehead atoms. The van der Waals surface area contributed by atoms with E-state index in [1.165, 1.54) is 5.56 Å². The maximum Gasteiger partial charge on any atom is 0.209 e. The quantitative estimate of drug-likeness (QED) is 0.660. The lowest BCUT2D eigenvalue weighted by molar-refractivity contribution is 0.264. The number of anilines is 2. The van der Waals surface area contributed by atoms with E-state index in [0.29, 0.717) is 22.8 Å². The van der Waals surface area contributed by atoms with Crippen molar-refractivity contribution in [2.75, 3.05) is 25.0 Å². The SMILES string of the molecule is Cc1ccc(N2C[C@@H]3CCN(C)[C@@H]3c3c2oc2ccccc2c3=O)cc1. The Balaban J connectivity index is 1.79. The minimum Gasteiger partial charge on any atom is -0.440 e. The summed E-state index contributed by atoms with van der Waals surface area (Å²) in [6.45, 7) is 3.98. The highest BCUT2D eigenvalue weighted by atomic mass is 16.4. The van der Waals surface area contributed by atoms with Gasteiger partial charge in [0.15, 0.2) is 5.43 Å². The van der Waals surface area contributed by atoms with E-state index in [2.05, 4.69) is 48.0 Å². The number of nitrogens with zero attached hydrogens (tertiary/aromatic N) is 2. The van der Waals surface area contributed by atoms with Crippen LogP contribution in [0.3, 0.4) is 0 Å². The zero-order valence-corrected chi connectivity index (χ0v) is 15.1. The van der Waals surface area contributed by atoms with Gasteiger partial charge in [-0.15, -0.1) is 0 Å². The lowest BCUT2D eigenvalue weighted by Gasteiger charge is -2.38. The summed E-state index contributed by atoms with van der Waals surface area (Å²) in [4.78, 5) is 17.9. The molecule has 0 saturated carbocycles. The first-order chi connectivity index (χ1) is 12.6. The van der Waals surface area contributed by atoms with Crippen molar-refractivity contribution in [2.24, 2.45) is 5.92 Å². The topological polar surface area (TPSA) is 36.7 Å². The second-order valence-electron chi connectivity index (χ2n) is 7.57. The Kier molecular flexibility index (Phi) is 3.44. The third kappa shape index (κ3) is 2.22. The molecule has 0 N–H and O–H groups in total. The monoisotopic (exact) mass is 346 g/mol. The molecule has 3 aromatic rings. The largest absolute Gasteiger partial charge is 0.440 e. The number of para-hydroxylation sites is 1. The molecule has 132 valence electrons. The summed E-state index contributed by atoms with van der Waals surface area (Å²) in [5.41, 5.74) is 3.91. The molecule has 0 amide bonds. The molecule has 1 saturated heterocycles. The average Bonchev–Trinajstić information content (AvgIpc) is 3.03. The number of rotatable bonds is 1. The summed E-state index contributed by atoms with van der Waals surface area (Å²) in [6, 6.07) is 16.2. The molecule has 2 atom stereocenters. The van der Waals surface area contributed by atoms with Crippen LogP contribution in [0.1, 0.15) is 23.6 Å². The van der Waals surface area contributed by atoms with E-state index in [9.17, 15) is 4.79 Å². The fraction of sp³-hybridized carbons (Fsp3) is 0.318. The van der Waals surface area contributed by atoms with Crippen LogP contribution in [0.25, 0.3) is 11.0 Å². The van der Waals surface area contributed by atoms with E-state index >= 15 is 0 Å². The number of benzene rings is 2. The van der Waals surface area contributed by atoms with Gasteiger partial charge < -0.3 is 9.32 Å². The van der Waals surface area contributed by atoms with Gasteiger partial charge in [-0.05, 0) is 57.1 Å². The van der Waals surface area contributed by atoms with Crippen LogP contribution in [0.4, 0.5) is 11.6 Å². The molecule has 1 fully saturated rings. The Morgan fingerprint density at radius 3 is 2.65 bits per heavy atom. The van der Waals surface area contributed by atoms with Gasteiger partial charge >= 0.3 is 0 Å². The first-order valence-electron chi connectivity index (χ1n) is 9.23. The molecule has 2 aliphatic heterocycles. The summed E-state index contributed by atoms with van der Waals surface area (Å²) in [5.74, 6) is 1.16. The molecule has 4 heteroatoms. The average molecular weight is 346 g/mol. The molecule has 2 aromatic carbocycles. The lowest BCUT2D eigenvalue weighted by atomic mass is 9.88. The summed E-state index contributed by atoms with van der Waals surface area (Å²) in [5, 5.41) is 0.677. The lowest BCUT2D eigenvalue weighted by Crippen LogP contribution is -2.39. The van der Waals surface area contributed by atoms with Gasteiger partial charge in [-0.2, -0.15) is 0 Å². The Bertz CT molecular complexity index is 1040. The maximum atomic E-state index is 13.4. The standard InChI is InChI=1S/C22H22N2O2/c1-14-7-9-16(10-8-14)24-13-15-11-12-23(2)20(15)19-21(25)17-5-3-4-6-18(17)26-22(19)24/h3-10,15,20H,11-13H2,1-2H3/t15-,20-/m0/s1. The minimum absolute atomic E-state index is 0.113. The summed E-state index contributed by atoms with van der Waals surface area (Å²) < 4.78 is 6.32. The van der Waals surface area contributed by atoms with Crippen molar-refractivity contribution in [1.29, 1.82) is 0 Å². The van der Waals surface area contributed by atoms with Crippen LogP contribution < -0.4 is 10.3 Å². The number of fused-ring (bicyclic) bond motifs is 4. The molecule has 0 unspecified atom stereocenters. The van der Waals surface area contributed by atoms with E-state index in [0.717, 1.165) is 30.8 Å². The van der Waals surface area contributed by atoms with Crippen LogP contribution in [0, 0.1) is 12.8 Å². The van der Waals surface area contributed by atoms with Crippen molar-refractivity contribution < 1.29 is 4.42 Å². The van der Waals surface area contributed by atoms with Gasteiger partial charge in [0.1, 0.15) is 5.58 Å². The van der Waals surface area contributed by atoms with Crippen molar-refractivity contribution in [2.45, 2.75) is 19.4 Å². The van der Waals surface area contributed by atoms with Gasteiger partial charge in [-0.1, -0.05) is 29.8 Å². The molecule has 5 rings (SSSR count). The van der Waals surface area contributed by atoms with Crippen LogP contribution in [0.2, 0.25) is 0 Å². The predicted octanol–water partition coefficient (Wildman–Crippen LogP) is 4.25. The number of hydrogen-bond donors (Lipinski definition) is 0. The van der Waals surface area contributed by atoms with Gasteiger partial charge in [0.05, 0.1) is 10.9 Å². The Labute approximate surface area is 152 Å². The smallest absolute Gasteiger partial charge is 0.209 e. The number of aryl methyl sites for hydroxylation is 1. The molecule has 0 radical (unpaired) electrons. The minimum atomic E-state index is 0.113. The third-order valence-electron chi connectivity index (χ3n) is 5.89. The van der Waals surface area contributed by atoms with E-state index < -0.39 is 0 Å². The zero-order valence-electron chi connectivity index (χ0n) is 15.1. The summed E-state index contributed by atoms with van der Waals surface area (Å²) in [7, 11) is 2.12. The second-order valence-corrected chi connectivity index (χ2v) is 7.57. The highest BCUT2D eigenvalue weighted by molar-refractivity contribution is 5.80. The van der Waals surface area contributed by atoms with Crippen molar-refractivity contribution >= 4 is 22.5 Å². The molecule has 0 aliphatic carbocycles. The Morgan fingerprint density at radius 1 is 1.08 bits per heavy atom. The van der Waals surface area contributed by atoms with E-state index in [1.807, 2.05) is 24.3 Å². The van der Waals surface area contributed by atoms with Crippen LogP contribution in [-0.2, 0) is 0 Å². The van der Waals surface area contributed by atoms with Crippen LogP contribution in [0.15, 0.2) is 57.7 Å². The summed E-state index contributed by atoms with van der Waals surface area (Å²) >= 11 is 0. The molecule has 2 aliphatic rings. The van der Waals surface area contributed by atoms with Crippen LogP contribution in [-0.4, -0.2) is 25.0 Å². The molecule has 0 spiro atoms. The predicted molar refractivity (Wildman–Crippen MR) is 104 cm³/mol. The normalized spacial score (nSPS) is 22.5. The fourth-order valence-electron chi connectivity index (χ4n) is 4.54. The van der Waals surface area contributed by atoms with E-state index in [1.54, 1.807) is 0 Å². The van der Waals surface area contributed by atoms with Gasteiger partial charge in [0, 0.05) is 18.3 Å². The van der Waals surface area contributed by atoms with Gasteiger partial charge in [0.25, 0.3) is 0 Å². The highest BCUT2D eigenvalue weighted by Crippen LogP contribution is 2.46. The molecular weight excluding hydrogens is 324 g/mol.